The van der Waals surface area contributed by atoms with Crippen LogP contribution < -0.4 is 5.73 Å². The van der Waals surface area contributed by atoms with Crippen molar-refractivity contribution >= 4 is 33.3 Å². The highest BCUT2D eigenvalue weighted by Gasteiger charge is 2.29. The molecule has 1 aliphatic heterocycles. The number of nitrogens with zero attached hydrogens (tertiary/aromatic N) is 3. The molecule has 0 aromatic carbocycles. The Labute approximate surface area is 121 Å². The number of anilines is 1. The number of carbonyl (C=O) groups excluding carboxylic acids is 1. The van der Waals surface area contributed by atoms with E-state index in [1.807, 2.05) is 4.90 Å². The van der Waals surface area contributed by atoms with Gasteiger partial charge < -0.3 is 10.6 Å². The van der Waals surface area contributed by atoms with Gasteiger partial charge in [0, 0.05) is 25.5 Å². The first-order valence-electron chi connectivity index (χ1n) is 6.86. The van der Waals surface area contributed by atoms with E-state index in [2.05, 4.69) is 23.8 Å². The molecule has 6 heteroatoms. The van der Waals surface area contributed by atoms with Gasteiger partial charge in [-0.3, -0.25) is 4.79 Å². The van der Waals surface area contributed by atoms with Crippen molar-refractivity contribution in [3.05, 3.63) is 17.3 Å². The normalized spacial score (nSPS) is 23.2. The van der Waals surface area contributed by atoms with Gasteiger partial charge in [-0.2, -0.15) is 0 Å². The quantitative estimate of drug-likeness (QED) is 0.875. The van der Waals surface area contributed by atoms with Crippen LogP contribution in [0.5, 0.6) is 0 Å². The van der Waals surface area contributed by atoms with Gasteiger partial charge in [0.25, 0.3) is 5.91 Å². The van der Waals surface area contributed by atoms with E-state index in [0.29, 0.717) is 27.9 Å². The lowest BCUT2D eigenvalue weighted by Crippen LogP contribution is -2.42. The first-order chi connectivity index (χ1) is 9.58. The summed E-state index contributed by atoms with van der Waals surface area (Å²) in [5, 5.41) is 0. The van der Waals surface area contributed by atoms with Gasteiger partial charge in [0.15, 0.2) is 0 Å². The number of thiophene rings is 1. The van der Waals surface area contributed by atoms with Crippen LogP contribution in [0.15, 0.2) is 12.4 Å². The Hall–Kier alpha value is -1.69. The molecule has 2 unspecified atom stereocenters. The van der Waals surface area contributed by atoms with Gasteiger partial charge in [-0.25, -0.2) is 9.97 Å². The summed E-state index contributed by atoms with van der Waals surface area (Å²) >= 11 is 1.34. The van der Waals surface area contributed by atoms with Gasteiger partial charge >= 0.3 is 0 Å². The average Bonchev–Trinajstić information content (AvgIpc) is 2.79. The lowest BCUT2D eigenvalue weighted by atomic mass is 9.88. The zero-order valence-electron chi connectivity index (χ0n) is 11.7. The fourth-order valence-corrected chi connectivity index (χ4v) is 3.58. The molecule has 1 amide bonds. The van der Waals surface area contributed by atoms with Crippen molar-refractivity contribution in [3.8, 4) is 0 Å². The molecule has 0 radical (unpaired) electrons. The van der Waals surface area contributed by atoms with Crippen LogP contribution in [-0.4, -0.2) is 33.9 Å². The molecule has 1 fully saturated rings. The summed E-state index contributed by atoms with van der Waals surface area (Å²) in [5.41, 5.74) is 7.17. The molecule has 0 bridgehead atoms. The third-order valence-electron chi connectivity index (χ3n) is 4.18. The molecule has 1 aliphatic rings. The van der Waals surface area contributed by atoms with Crippen molar-refractivity contribution in [1.82, 2.24) is 14.9 Å². The maximum absolute atomic E-state index is 12.6. The summed E-state index contributed by atoms with van der Waals surface area (Å²) in [5.74, 6) is 1.22. The van der Waals surface area contributed by atoms with E-state index in [4.69, 9.17) is 5.73 Å². The van der Waals surface area contributed by atoms with E-state index in [1.165, 1.54) is 11.3 Å². The number of nitrogen functional groups attached to an aromatic ring is 1. The second kappa shape index (κ2) is 5.01. The van der Waals surface area contributed by atoms with Crippen molar-refractivity contribution in [3.63, 3.8) is 0 Å². The average molecular weight is 290 g/mol. The molecule has 1 saturated heterocycles. The van der Waals surface area contributed by atoms with Gasteiger partial charge in [-0.05, 0) is 18.3 Å². The summed E-state index contributed by atoms with van der Waals surface area (Å²) in [6.07, 6.45) is 4.27. The second-order valence-corrected chi connectivity index (χ2v) is 6.55. The van der Waals surface area contributed by atoms with Crippen molar-refractivity contribution in [2.75, 3.05) is 18.8 Å². The van der Waals surface area contributed by atoms with Gasteiger partial charge in [0.05, 0.1) is 5.69 Å². The molecule has 3 rings (SSSR count). The van der Waals surface area contributed by atoms with Crippen molar-refractivity contribution in [1.29, 1.82) is 0 Å². The molecule has 2 aromatic heterocycles. The van der Waals surface area contributed by atoms with Crippen LogP contribution in [0.2, 0.25) is 0 Å². The maximum Gasteiger partial charge on any atom is 0.266 e. The number of likely N-dealkylation sites (tertiary alicyclic amines) is 1. The SMILES string of the molecule is CC1CCN(C(=O)c2sc3nccnc3c2N)CC1C. The summed E-state index contributed by atoms with van der Waals surface area (Å²) in [7, 11) is 0. The van der Waals surface area contributed by atoms with Gasteiger partial charge in [-0.15, -0.1) is 11.3 Å². The fraction of sp³-hybridized carbons (Fsp3) is 0.500. The minimum absolute atomic E-state index is 0.0195. The Morgan fingerprint density at radius 3 is 2.80 bits per heavy atom. The van der Waals surface area contributed by atoms with E-state index < -0.39 is 0 Å². The van der Waals surface area contributed by atoms with Gasteiger partial charge in [0.1, 0.15) is 15.2 Å². The number of hydrogen-bond donors (Lipinski definition) is 1. The minimum atomic E-state index is 0.0195. The van der Waals surface area contributed by atoms with Crippen LogP contribution in [0, 0.1) is 11.8 Å². The molecule has 3 heterocycles. The Kier molecular flexibility index (Phi) is 3.33. The molecular formula is C14H18N4OS. The largest absolute Gasteiger partial charge is 0.396 e. The first-order valence-corrected chi connectivity index (χ1v) is 7.68. The molecule has 2 aromatic rings. The number of piperidine rings is 1. The number of carbonyl (C=O) groups is 1. The Bertz CT molecular complexity index is 654. The maximum atomic E-state index is 12.6. The Morgan fingerprint density at radius 1 is 1.35 bits per heavy atom. The highest BCUT2D eigenvalue weighted by atomic mass is 32.1. The predicted octanol–water partition coefficient (Wildman–Crippen LogP) is 2.39. The Morgan fingerprint density at radius 2 is 2.10 bits per heavy atom. The highest BCUT2D eigenvalue weighted by Crippen LogP contribution is 2.33. The number of fused-ring (bicyclic) bond motifs is 1. The van der Waals surface area contributed by atoms with E-state index >= 15 is 0 Å². The number of amides is 1. The lowest BCUT2D eigenvalue weighted by molar-refractivity contribution is 0.0633. The number of aromatic nitrogens is 2. The van der Waals surface area contributed by atoms with E-state index in [0.717, 1.165) is 24.3 Å². The monoisotopic (exact) mass is 290 g/mol. The number of hydrogen-bond acceptors (Lipinski definition) is 5. The van der Waals surface area contributed by atoms with Crippen molar-refractivity contribution in [2.45, 2.75) is 20.3 Å². The summed E-state index contributed by atoms with van der Waals surface area (Å²) < 4.78 is 0. The summed E-state index contributed by atoms with van der Waals surface area (Å²) in [4.78, 5) is 24.3. The Balaban J connectivity index is 1.91. The molecule has 0 aliphatic carbocycles. The number of nitrogens with two attached hydrogens (primary N) is 1. The second-order valence-electron chi connectivity index (χ2n) is 5.55. The topological polar surface area (TPSA) is 72.1 Å². The highest BCUT2D eigenvalue weighted by molar-refractivity contribution is 7.21. The third kappa shape index (κ3) is 2.14. The molecule has 20 heavy (non-hydrogen) atoms. The smallest absolute Gasteiger partial charge is 0.266 e. The van der Waals surface area contributed by atoms with Crippen LogP contribution in [0.1, 0.15) is 29.9 Å². The third-order valence-corrected chi connectivity index (χ3v) is 5.27. The van der Waals surface area contributed by atoms with Gasteiger partial charge in [-0.1, -0.05) is 13.8 Å². The van der Waals surface area contributed by atoms with E-state index in [1.54, 1.807) is 12.4 Å². The lowest BCUT2D eigenvalue weighted by Gasteiger charge is -2.35. The predicted molar refractivity (Wildman–Crippen MR) is 80.7 cm³/mol. The summed E-state index contributed by atoms with van der Waals surface area (Å²) in [6.45, 7) is 6.04. The molecule has 0 saturated carbocycles. The zero-order chi connectivity index (χ0) is 14.3. The van der Waals surface area contributed by atoms with Crippen LogP contribution in [0.4, 0.5) is 5.69 Å². The van der Waals surface area contributed by atoms with Crippen LogP contribution in [0.3, 0.4) is 0 Å². The van der Waals surface area contributed by atoms with Crippen molar-refractivity contribution < 1.29 is 4.79 Å². The molecule has 2 atom stereocenters. The van der Waals surface area contributed by atoms with Gasteiger partial charge in [0.2, 0.25) is 0 Å². The van der Waals surface area contributed by atoms with E-state index in [-0.39, 0.29) is 5.91 Å². The number of rotatable bonds is 1. The van der Waals surface area contributed by atoms with Crippen LogP contribution in [0.25, 0.3) is 10.3 Å². The minimum Gasteiger partial charge on any atom is -0.396 e. The molecule has 5 nitrogen and oxygen atoms in total. The van der Waals surface area contributed by atoms with E-state index in [9.17, 15) is 4.79 Å². The molecular weight excluding hydrogens is 272 g/mol. The summed E-state index contributed by atoms with van der Waals surface area (Å²) in [6, 6.07) is 0. The van der Waals surface area contributed by atoms with Crippen LogP contribution >= 0.6 is 11.3 Å². The van der Waals surface area contributed by atoms with Crippen LogP contribution in [-0.2, 0) is 0 Å². The van der Waals surface area contributed by atoms with Crippen molar-refractivity contribution in [2.24, 2.45) is 11.8 Å². The standard InChI is InChI=1S/C14H18N4OS/c1-8-3-6-18(7-9(8)2)14(19)12-10(15)11-13(20-12)17-5-4-16-11/h4-5,8-9H,3,6-7,15H2,1-2H3. The molecule has 2 N–H and O–H groups in total. The fourth-order valence-electron chi connectivity index (χ4n) is 2.59. The zero-order valence-corrected chi connectivity index (χ0v) is 12.5. The molecule has 0 spiro atoms. The molecule has 106 valence electrons. The first kappa shape index (κ1) is 13.3.